The topological polar surface area (TPSA) is 103 Å². The van der Waals surface area contributed by atoms with Gasteiger partial charge in [-0.1, -0.05) is 18.3 Å². The molecule has 0 saturated carbocycles. The lowest BCUT2D eigenvalue weighted by Gasteiger charge is -2.11. The number of nitrogens with zero attached hydrogens (tertiary/aromatic N) is 4. The number of ether oxygens (including phenoxy) is 2. The molecule has 2 aromatic carbocycles. The van der Waals surface area contributed by atoms with Crippen molar-refractivity contribution in [2.45, 2.75) is 13.3 Å². The molecule has 4 aromatic rings. The zero-order chi connectivity index (χ0) is 22.7. The molecular weight excluding hydrogens is 448 g/mol. The molecule has 0 unspecified atom stereocenters. The van der Waals surface area contributed by atoms with Gasteiger partial charge in [0, 0.05) is 29.3 Å². The van der Waals surface area contributed by atoms with E-state index in [1.165, 1.54) is 25.6 Å². The van der Waals surface area contributed by atoms with Crippen LogP contribution in [0.4, 0.5) is 5.69 Å². The number of fused-ring (bicyclic) bond motifs is 1. The predicted octanol–water partition coefficient (Wildman–Crippen LogP) is 3.56. The Labute approximate surface area is 193 Å². The van der Waals surface area contributed by atoms with Gasteiger partial charge in [0.05, 0.1) is 14.2 Å². The largest absolute Gasteiger partial charge is 0.497 e. The Bertz CT molecular complexity index is 1260. The number of thiocarbonyl (C=S) groups is 1. The number of carbonyl (C=O) groups is 1. The van der Waals surface area contributed by atoms with E-state index in [1.807, 2.05) is 31.2 Å². The number of methoxy groups -OCH3 is 2. The van der Waals surface area contributed by atoms with Crippen molar-refractivity contribution in [2.24, 2.45) is 0 Å². The Morgan fingerprint density at radius 3 is 2.41 bits per heavy atom. The van der Waals surface area contributed by atoms with Gasteiger partial charge in [-0.2, -0.15) is 9.61 Å². The number of hydrogen-bond acceptors (Lipinski definition) is 8. The molecule has 2 heterocycles. The third kappa shape index (κ3) is 4.53. The highest BCUT2D eigenvalue weighted by molar-refractivity contribution is 7.80. The number of carbonyl (C=O) groups excluding carboxylic acids is 1. The van der Waals surface area contributed by atoms with E-state index in [0.29, 0.717) is 17.1 Å². The zero-order valence-electron chi connectivity index (χ0n) is 17.6. The maximum atomic E-state index is 12.6. The molecule has 0 aliphatic heterocycles. The maximum absolute atomic E-state index is 12.6. The summed E-state index contributed by atoms with van der Waals surface area (Å²) < 4.78 is 12.2. The van der Waals surface area contributed by atoms with Gasteiger partial charge in [-0.25, -0.2) is 0 Å². The van der Waals surface area contributed by atoms with Crippen molar-refractivity contribution in [1.82, 2.24) is 25.1 Å². The number of aromatic nitrogens is 4. The van der Waals surface area contributed by atoms with Crippen LogP contribution in [0.15, 0.2) is 42.5 Å². The van der Waals surface area contributed by atoms with Crippen LogP contribution in [0.2, 0.25) is 0 Å². The van der Waals surface area contributed by atoms with Crippen LogP contribution in [0.5, 0.6) is 11.5 Å². The van der Waals surface area contributed by atoms with E-state index < -0.39 is 0 Å². The summed E-state index contributed by atoms with van der Waals surface area (Å²) >= 11 is 6.76. The molecule has 11 heteroatoms. The fourth-order valence-corrected chi connectivity index (χ4v) is 4.04. The summed E-state index contributed by atoms with van der Waals surface area (Å²) in [6.45, 7) is 2.02. The van der Waals surface area contributed by atoms with Crippen molar-refractivity contribution >= 4 is 45.2 Å². The van der Waals surface area contributed by atoms with Crippen LogP contribution in [0.25, 0.3) is 15.5 Å². The van der Waals surface area contributed by atoms with E-state index in [0.717, 1.165) is 33.5 Å². The molecule has 2 aromatic heterocycles. The third-order valence-corrected chi connectivity index (χ3v) is 5.75. The third-order valence-electron chi connectivity index (χ3n) is 4.60. The van der Waals surface area contributed by atoms with E-state index in [9.17, 15) is 4.79 Å². The Morgan fingerprint density at radius 2 is 1.78 bits per heavy atom. The minimum atomic E-state index is -0.372. The molecule has 9 nitrogen and oxygen atoms in total. The quantitative estimate of drug-likeness (QED) is 0.414. The molecule has 4 rings (SSSR count). The molecule has 0 atom stereocenters. The lowest BCUT2D eigenvalue weighted by Crippen LogP contribution is -2.34. The first kappa shape index (κ1) is 21.7. The first-order valence-corrected chi connectivity index (χ1v) is 10.9. The Morgan fingerprint density at radius 1 is 1.09 bits per heavy atom. The Hall–Kier alpha value is -3.57. The van der Waals surface area contributed by atoms with Gasteiger partial charge in [0.1, 0.15) is 16.5 Å². The number of nitrogens with one attached hydrogen (secondary N) is 2. The summed E-state index contributed by atoms with van der Waals surface area (Å²) in [7, 11) is 3.05. The van der Waals surface area contributed by atoms with Crippen molar-refractivity contribution in [2.75, 3.05) is 19.5 Å². The highest BCUT2D eigenvalue weighted by Crippen LogP contribution is 2.27. The highest BCUT2D eigenvalue weighted by atomic mass is 32.1. The number of aryl methyl sites for hydroxylation is 1. The molecule has 0 bridgehead atoms. The summed E-state index contributed by atoms with van der Waals surface area (Å²) in [4.78, 5) is 13.3. The second-order valence-electron chi connectivity index (χ2n) is 6.66. The number of benzene rings is 2. The molecule has 0 fully saturated rings. The SMILES string of the molecule is CCc1nnc2sc(-c3ccc(NC(=S)NC(=O)c4cc(OC)cc(OC)c4)cc3)nn12. The first-order valence-electron chi connectivity index (χ1n) is 9.67. The van der Waals surface area contributed by atoms with Gasteiger partial charge >= 0.3 is 0 Å². The summed E-state index contributed by atoms with van der Waals surface area (Å²) in [6, 6.07) is 12.5. The standard InChI is InChI=1S/C21H20N6O3S2/c1-4-17-24-25-21-27(17)26-19(32-21)12-5-7-14(8-6-12)22-20(31)23-18(28)13-9-15(29-2)11-16(10-13)30-3/h5-11H,4H2,1-3H3,(H2,22,23,28,31). The van der Waals surface area contributed by atoms with Crippen LogP contribution >= 0.6 is 23.6 Å². The van der Waals surface area contributed by atoms with E-state index in [-0.39, 0.29) is 11.0 Å². The van der Waals surface area contributed by atoms with E-state index >= 15 is 0 Å². The molecule has 32 heavy (non-hydrogen) atoms. The summed E-state index contributed by atoms with van der Waals surface area (Å²) in [6.07, 6.45) is 0.763. The predicted molar refractivity (Wildman–Crippen MR) is 127 cm³/mol. The smallest absolute Gasteiger partial charge is 0.257 e. The molecule has 0 spiro atoms. The van der Waals surface area contributed by atoms with Crippen molar-refractivity contribution in [3.8, 4) is 22.1 Å². The van der Waals surface area contributed by atoms with Gasteiger partial charge in [-0.05, 0) is 48.6 Å². The normalized spacial score (nSPS) is 10.7. The van der Waals surface area contributed by atoms with Gasteiger partial charge in [0.2, 0.25) is 4.96 Å². The maximum Gasteiger partial charge on any atom is 0.257 e. The summed E-state index contributed by atoms with van der Waals surface area (Å²) in [5.74, 6) is 1.49. The molecule has 0 saturated heterocycles. The number of anilines is 1. The average molecular weight is 469 g/mol. The van der Waals surface area contributed by atoms with Crippen LogP contribution in [-0.4, -0.2) is 45.1 Å². The van der Waals surface area contributed by atoms with E-state index in [1.54, 1.807) is 22.7 Å². The first-order chi connectivity index (χ1) is 15.5. The lowest BCUT2D eigenvalue weighted by atomic mass is 10.2. The Balaban J connectivity index is 1.42. The van der Waals surface area contributed by atoms with Gasteiger partial charge in [0.25, 0.3) is 5.91 Å². The van der Waals surface area contributed by atoms with Crippen molar-refractivity contribution < 1.29 is 14.3 Å². The molecular formula is C21H20N6O3S2. The van der Waals surface area contributed by atoms with Crippen LogP contribution in [0.3, 0.4) is 0 Å². The number of rotatable bonds is 6. The minimum Gasteiger partial charge on any atom is -0.497 e. The minimum absolute atomic E-state index is 0.177. The molecule has 164 valence electrons. The Kier molecular flexibility index (Phi) is 6.28. The summed E-state index contributed by atoms with van der Waals surface area (Å²) in [5.41, 5.74) is 2.06. The zero-order valence-corrected chi connectivity index (χ0v) is 19.2. The van der Waals surface area contributed by atoms with Crippen molar-refractivity contribution in [3.05, 3.63) is 53.9 Å². The van der Waals surface area contributed by atoms with Crippen LogP contribution in [0, 0.1) is 0 Å². The summed E-state index contributed by atoms with van der Waals surface area (Å²) in [5, 5.41) is 19.5. The van der Waals surface area contributed by atoms with Gasteiger partial charge in [0.15, 0.2) is 10.9 Å². The van der Waals surface area contributed by atoms with E-state index in [4.69, 9.17) is 21.7 Å². The van der Waals surface area contributed by atoms with Crippen molar-refractivity contribution in [1.29, 1.82) is 0 Å². The van der Waals surface area contributed by atoms with Gasteiger partial charge in [-0.15, -0.1) is 10.2 Å². The fourth-order valence-electron chi connectivity index (χ4n) is 2.97. The number of amides is 1. The lowest BCUT2D eigenvalue weighted by molar-refractivity contribution is 0.0977. The van der Waals surface area contributed by atoms with Gasteiger partial charge < -0.3 is 14.8 Å². The monoisotopic (exact) mass is 468 g/mol. The molecule has 2 N–H and O–H groups in total. The molecule has 0 aliphatic rings. The van der Waals surface area contributed by atoms with Crippen molar-refractivity contribution in [3.63, 3.8) is 0 Å². The number of hydrogen-bond donors (Lipinski definition) is 2. The highest BCUT2D eigenvalue weighted by Gasteiger charge is 2.13. The fraction of sp³-hybridized carbons (Fsp3) is 0.190. The molecule has 0 aliphatic carbocycles. The molecule has 1 amide bonds. The van der Waals surface area contributed by atoms with Crippen LogP contribution < -0.4 is 20.1 Å². The second-order valence-corrected chi connectivity index (χ2v) is 8.02. The molecule has 0 radical (unpaired) electrons. The average Bonchev–Trinajstić information content (AvgIpc) is 3.39. The second kappa shape index (κ2) is 9.28. The van der Waals surface area contributed by atoms with Gasteiger partial charge in [-0.3, -0.25) is 10.1 Å². The van der Waals surface area contributed by atoms with E-state index in [2.05, 4.69) is 25.9 Å². The van der Waals surface area contributed by atoms with Crippen LogP contribution in [-0.2, 0) is 6.42 Å². The van der Waals surface area contributed by atoms with Crippen LogP contribution in [0.1, 0.15) is 23.1 Å².